The molecule has 1 fully saturated rings. The summed E-state index contributed by atoms with van der Waals surface area (Å²) in [4.78, 5) is 18.1. The number of esters is 1. The predicted molar refractivity (Wildman–Crippen MR) is 110 cm³/mol. The highest BCUT2D eigenvalue weighted by Gasteiger charge is 2.23. The first-order chi connectivity index (χ1) is 12.6. The summed E-state index contributed by atoms with van der Waals surface area (Å²) < 4.78 is 5.75. The lowest BCUT2D eigenvalue weighted by Crippen LogP contribution is -2.44. The number of hydrogen-bond acceptors (Lipinski definition) is 4. The minimum Gasteiger partial charge on any atom is -0.469 e. The number of rotatable bonds is 8. The van der Waals surface area contributed by atoms with E-state index in [0.29, 0.717) is 19.0 Å². The average Bonchev–Trinajstić information content (AvgIpc) is 3.10. The van der Waals surface area contributed by atoms with Crippen molar-refractivity contribution in [2.24, 2.45) is 4.99 Å². The number of halogens is 1. The van der Waals surface area contributed by atoms with Crippen molar-refractivity contribution in [3.63, 3.8) is 0 Å². The van der Waals surface area contributed by atoms with Gasteiger partial charge in [-0.05, 0) is 50.5 Å². The molecule has 0 aromatic heterocycles. The Labute approximate surface area is 164 Å². The van der Waals surface area contributed by atoms with Crippen molar-refractivity contribution in [1.29, 1.82) is 0 Å². The zero-order chi connectivity index (χ0) is 18.8. The largest absolute Gasteiger partial charge is 0.469 e. The number of unbranched alkanes of at least 4 members (excludes halogenated alkanes) is 1. The van der Waals surface area contributed by atoms with Crippen molar-refractivity contribution in [2.45, 2.75) is 38.6 Å². The predicted octanol–water partition coefficient (Wildman–Crippen LogP) is 2.93. The van der Waals surface area contributed by atoms with Crippen LogP contribution in [0.5, 0.6) is 0 Å². The van der Waals surface area contributed by atoms with Crippen LogP contribution in [-0.4, -0.2) is 51.3 Å². The molecule has 1 aromatic rings. The van der Waals surface area contributed by atoms with E-state index in [-0.39, 0.29) is 5.97 Å². The molecule has 1 aromatic carbocycles. The highest BCUT2D eigenvalue weighted by molar-refractivity contribution is 9.10. The number of hydrogen-bond donors (Lipinski definition) is 2. The zero-order valence-electron chi connectivity index (χ0n) is 15.6. The number of carbonyl (C=O) groups is 1. The Morgan fingerprint density at radius 3 is 2.81 bits per heavy atom. The van der Waals surface area contributed by atoms with Gasteiger partial charge in [-0.25, -0.2) is 0 Å². The van der Waals surface area contributed by atoms with Gasteiger partial charge in [-0.3, -0.25) is 9.79 Å². The Kier molecular flexibility index (Phi) is 8.74. The van der Waals surface area contributed by atoms with Gasteiger partial charge in [0, 0.05) is 48.8 Å². The van der Waals surface area contributed by atoms with E-state index < -0.39 is 0 Å². The van der Waals surface area contributed by atoms with Crippen LogP contribution in [0.1, 0.15) is 32.6 Å². The molecule has 2 rings (SSSR count). The Bertz CT molecular complexity index is 592. The first-order valence-corrected chi connectivity index (χ1v) is 10.0. The summed E-state index contributed by atoms with van der Waals surface area (Å²) in [5.41, 5.74) is 1.25. The maximum Gasteiger partial charge on any atom is 0.305 e. The summed E-state index contributed by atoms with van der Waals surface area (Å²) in [6.07, 6.45) is 3.22. The molecule has 0 saturated carbocycles. The van der Waals surface area contributed by atoms with Gasteiger partial charge in [-0.2, -0.15) is 0 Å². The van der Waals surface area contributed by atoms with Crippen LogP contribution in [0.3, 0.4) is 0 Å². The van der Waals surface area contributed by atoms with Crippen molar-refractivity contribution < 1.29 is 9.53 Å². The Morgan fingerprint density at radius 1 is 1.35 bits per heavy atom. The number of nitrogens with one attached hydrogen (secondary N) is 2. The molecule has 1 aliphatic heterocycles. The third-order valence-corrected chi connectivity index (χ3v) is 4.88. The fourth-order valence-electron chi connectivity index (χ4n) is 2.95. The lowest BCUT2D eigenvalue weighted by atomic mass is 10.2. The van der Waals surface area contributed by atoms with E-state index in [1.807, 2.05) is 0 Å². The van der Waals surface area contributed by atoms with Gasteiger partial charge in [0.1, 0.15) is 0 Å². The zero-order valence-corrected chi connectivity index (χ0v) is 17.2. The highest BCUT2D eigenvalue weighted by Crippen LogP contribution is 2.22. The fraction of sp³-hybridized carbons (Fsp3) is 0.579. The molecule has 0 amide bonds. The molecule has 0 aliphatic carbocycles. The quantitative estimate of drug-likeness (QED) is 0.290. The number of anilines is 1. The second-order valence-corrected chi connectivity index (χ2v) is 7.26. The van der Waals surface area contributed by atoms with E-state index in [9.17, 15) is 4.79 Å². The van der Waals surface area contributed by atoms with Crippen LogP contribution in [0.2, 0.25) is 0 Å². The van der Waals surface area contributed by atoms with Crippen LogP contribution in [0.15, 0.2) is 33.7 Å². The number of nitrogens with zero attached hydrogens (tertiary/aromatic N) is 2. The summed E-state index contributed by atoms with van der Waals surface area (Å²) >= 11 is 3.48. The van der Waals surface area contributed by atoms with Gasteiger partial charge in [-0.1, -0.05) is 15.9 Å². The van der Waals surface area contributed by atoms with Crippen molar-refractivity contribution in [3.8, 4) is 0 Å². The second kappa shape index (κ2) is 11.1. The molecule has 0 spiro atoms. The van der Waals surface area contributed by atoms with E-state index in [1.54, 1.807) is 0 Å². The standard InChI is InChI=1S/C19H29BrN4O2/c1-3-21-19(22-12-5-4-6-18(25)26-2)23-16-11-13-24(14-16)17-9-7-15(20)8-10-17/h7-10,16H,3-6,11-14H2,1-2H3,(H2,21,22,23). The van der Waals surface area contributed by atoms with Gasteiger partial charge in [0.05, 0.1) is 7.11 Å². The summed E-state index contributed by atoms with van der Waals surface area (Å²) in [5.74, 6) is 0.700. The average molecular weight is 425 g/mol. The number of methoxy groups -OCH3 is 1. The maximum atomic E-state index is 11.1. The molecule has 1 unspecified atom stereocenters. The van der Waals surface area contributed by atoms with Crippen molar-refractivity contribution in [3.05, 3.63) is 28.7 Å². The van der Waals surface area contributed by atoms with Crippen molar-refractivity contribution >= 4 is 33.5 Å². The van der Waals surface area contributed by atoms with Crippen LogP contribution in [0.4, 0.5) is 5.69 Å². The highest BCUT2D eigenvalue weighted by atomic mass is 79.9. The molecule has 26 heavy (non-hydrogen) atoms. The molecule has 1 atom stereocenters. The molecule has 1 aliphatic rings. The van der Waals surface area contributed by atoms with E-state index in [4.69, 9.17) is 0 Å². The Balaban J connectivity index is 1.79. The van der Waals surface area contributed by atoms with E-state index in [0.717, 1.165) is 49.3 Å². The summed E-state index contributed by atoms with van der Waals surface area (Å²) in [6, 6.07) is 8.83. The maximum absolute atomic E-state index is 11.1. The molecule has 0 radical (unpaired) electrons. The fourth-order valence-corrected chi connectivity index (χ4v) is 3.22. The molecule has 1 heterocycles. The molecule has 1 saturated heterocycles. The third kappa shape index (κ3) is 6.86. The molecule has 6 nitrogen and oxygen atoms in total. The van der Waals surface area contributed by atoms with Gasteiger partial charge in [0.15, 0.2) is 5.96 Å². The topological polar surface area (TPSA) is 66.0 Å². The van der Waals surface area contributed by atoms with Crippen LogP contribution in [0.25, 0.3) is 0 Å². The van der Waals surface area contributed by atoms with Crippen LogP contribution >= 0.6 is 15.9 Å². The summed E-state index contributed by atoms with van der Waals surface area (Å²) in [6.45, 7) is 5.61. The summed E-state index contributed by atoms with van der Waals surface area (Å²) in [5, 5.41) is 6.84. The minimum absolute atomic E-state index is 0.155. The smallest absolute Gasteiger partial charge is 0.305 e. The van der Waals surface area contributed by atoms with Gasteiger partial charge in [0.2, 0.25) is 0 Å². The van der Waals surface area contributed by atoms with E-state index >= 15 is 0 Å². The lowest BCUT2D eigenvalue weighted by Gasteiger charge is -2.20. The Morgan fingerprint density at radius 2 is 2.12 bits per heavy atom. The Hall–Kier alpha value is -1.76. The van der Waals surface area contributed by atoms with Gasteiger partial charge in [-0.15, -0.1) is 0 Å². The molecule has 2 N–H and O–H groups in total. The second-order valence-electron chi connectivity index (χ2n) is 6.35. The minimum atomic E-state index is -0.155. The SMILES string of the molecule is CCNC(=NCCCCC(=O)OC)NC1CCN(c2ccc(Br)cc2)C1. The third-order valence-electron chi connectivity index (χ3n) is 4.35. The van der Waals surface area contributed by atoms with Gasteiger partial charge < -0.3 is 20.3 Å². The number of ether oxygens (including phenoxy) is 1. The number of carbonyl (C=O) groups excluding carboxylic acids is 1. The number of benzene rings is 1. The summed E-state index contributed by atoms with van der Waals surface area (Å²) in [7, 11) is 1.42. The van der Waals surface area contributed by atoms with Crippen LogP contribution in [0, 0.1) is 0 Å². The van der Waals surface area contributed by atoms with Crippen molar-refractivity contribution in [2.75, 3.05) is 38.2 Å². The van der Waals surface area contributed by atoms with Gasteiger partial charge >= 0.3 is 5.97 Å². The van der Waals surface area contributed by atoms with Gasteiger partial charge in [0.25, 0.3) is 0 Å². The first kappa shape index (κ1) is 20.6. The molecule has 0 bridgehead atoms. The van der Waals surface area contributed by atoms with E-state index in [1.165, 1.54) is 12.8 Å². The number of guanidine groups is 1. The number of aliphatic imine (C=N–C) groups is 1. The van der Waals surface area contributed by atoms with Crippen LogP contribution in [-0.2, 0) is 9.53 Å². The molecule has 144 valence electrons. The molecule has 7 heteroatoms. The van der Waals surface area contributed by atoms with Crippen molar-refractivity contribution in [1.82, 2.24) is 10.6 Å². The lowest BCUT2D eigenvalue weighted by molar-refractivity contribution is -0.140. The normalized spacial score (nSPS) is 17.3. The molecular formula is C19H29BrN4O2. The monoisotopic (exact) mass is 424 g/mol. The van der Waals surface area contributed by atoms with Crippen LogP contribution < -0.4 is 15.5 Å². The first-order valence-electron chi connectivity index (χ1n) is 9.24. The van der Waals surface area contributed by atoms with E-state index in [2.05, 4.69) is 72.4 Å². The molecular weight excluding hydrogens is 396 g/mol.